The van der Waals surface area contributed by atoms with Crippen LogP contribution in [-0.2, 0) is 17.6 Å². The number of hydrogen-bond donors (Lipinski definition) is 2. The number of carbonyl (C=O) groups excluding carboxylic acids is 1. The van der Waals surface area contributed by atoms with E-state index in [-0.39, 0.29) is 5.91 Å². The minimum absolute atomic E-state index is 0.0886. The first-order valence-corrected chi connectivity index (χ1v) is 5.50. The van der Waals surface area contributed by atoms with E-state index >= 15 is 0 Å². The van der Waals surface area contributed by atoms with Gasteiger partial charge in [0.15, 0.2) is 0 Å². The van der Waals surface area contributed by atoms with Gasteiger partial charge in [0, 0.05) is 12.8 Å². The Labute approximate surface area is 96.6 Å². The number of carbonyl (C=O) groups is 1. The van der Waals surface area contributed by atoms with Gasteiger partial charge < -0.3 is 5.73 Å². The molecule has 0 bridgehead atoms. The van der Waals surface area contributed by atoms with Crippen LogP contribution in [0.15, 0.2) is 24.3 Å². The maximum Gasteiger partial charge on any atom is 0.249 e. The predicted octanol–water partition coefficient (Wildman–Crippen LogP) is 0.949. The third-order valence-electron chi connectivity index (χ3n) is 2.67. The van der Waals surface area contributed by atoms with Crippen LogP contribution >= 0.6 is 22.9 Å². The lowest BCUT2D eigenvalue weighted by Gasteiger charge is -2.20. The first-order valence-electron chi connectivity index (χ1n) is 4.42. The van der Waals surface area contributed by atoms with Crippen molar-refractivity contribution in [3.63, 3.8) is 0 Å². The Morgan fingerprint density at radius 1 is 1.36 bits per heavy atom. The van der Waals surface area contributed by atoms with E-state index in [4.69, 9.17) is 5.73 Å². The number of rotatable bonds is 1. The molecule has 0 saturated heterocycles. The number of fused-ring (bicyclic) bond motifs is 1. The van der Waals surface area contributed by atoms with Crippen LogP contribution in [0.2, 0.25) is 0 Å². The molecule has 2 rings (SSSR count). The summed E-state index contributed by atoms with van der Waals surface area (Å²) in [6.45, 7) is 0. The van der Waals surface area contributed by atoms with E-state index in [2.05, 4.69) is 3.53 Å². The van der Waals surface area contributed by atoms with Crippen LogP contribution in [0.3, 0.4) is 0 Å². The number of nitrogens with one attached hydrogen (secondary N) is 1. The largest absolute Gasteiger partial charge is 0.317 e. The van der Waals surface area contributed by atoms with E-state index in [1.165, 1.54) is 11.1 Å². The van der Waals surface area contributed by atoms with Crippen LogP contribution in [0.4, 0.5) is 0 Å². The summed E-state index contributed by atoms with van der Waals surface area (Å²) in [6, 6.07) is 8.02. The van der Waals surface area contributed by atoms with Gasteiger partial charge in [-0.3, -0.25) is 8.32 Å². The lowest BCUT2D eigenvalue weighted by molar-refractivity contribution is -0.123. The van der Waals surface area contributed by atoms with Crippen LogP contribution in [0.1, 0.15) is 11.1 Å². The molecule has 0 aliphatic heterocycles. The standard InChI is InChI=1S/C10H11IN2O/c11-13-9(14)10(12)5-7-3-1-2-4-8(7)6-10/h1-4H,5-6,12H2,(H,13,14). The van der Waals surface area contributed by atoms with E-state index in [0.717, 1.165) is 0 Å². The summed E-state index contributed by atoms with van der Waals surface area (Å²) in [4.78, 5) is 11.6. The lowest BCUT2D eigenvalue weighted by atomic mass is 9.97. The summed E-state index contributed by atoms with van der Waals surface area (Å²) >= 11 is 1.83. The van der Waals surface area contributed by atoms with Gasteiger partial charge in [0.25, 0.3) is 0 Å². The molecule has 0 heterocycles. The molecule has 4 heteroatoms. The molecule has 14 heavy (non-hydrogen) atoms. The molecule has 0 unspecified atom stereocenters. The van der Waals surface area contributed by atoms with E-state index < -0.39 is 5.54 Å². The van der Waals surface area contributed by atoms with Gasteiger partial charge in [0.1, 0.15) is 5.54 Å². The van der Waals surface area contributed by atoms with Crippen molar-refractivity contribution in [2.75, 3.05) is 0 Å². The predicted molar refractivity (Wildman–Crippen MR) is 62.9 cm³/mol. The van der Waals surface area contributed by atoms with Crippen LogP contribution in [0, 0.1) is 0 Å². The summed E-state index contributed by atoms with van der Waals surface area (Å²) in [5, 5.41) is 0. The Kier molecular flexibility index (Phi) is 2.48. The zero-order valence-corrected chi connectivity index (χ0v) is 9.74. The molecular formula is C10H11IN2O. The van der Waals surface area contributed by atoms with Crippen molar-refractivity contribution < 1.29 is 4.79 Å². The van der Waals surface area contributed by atoms with E-state index in [1.54, 1.807) is 0 Å². The van der Waals surface area contributed by atoms with Crippen molar-refractivity contribution in [3.8, 4) is 0 Å². The fourth-order valence-electron chi connectivity index (χ4n) is 1.90. The maximum atomic E-state index is 11.6. The molecule has 0 fully saturated rings. The molecule has 74 valence electrons. The number of benzene rings is 1. The second kappa shape index (κ2) is 3.51. The summed E-state index contributed by atoms with van der Waals surface area (Å²) < 4.78 is 2.59. The van der Waals surface area contributed by atoms with Crippen molar-refractivity contribution in [1.29, 1.82) is 0 Å². The van der Waals surface area contributed by atoms with E-state index in [1.807, 2.05) is 47.1 Å². The number of amides is 1. The Hall–Kier alpha value is -0.620. The molecule has 0 radical (unpaired) electrons. The van der Waals surface area contributed by atoms with Crippen molar-refractivity contribution in [1.82, 2.24) is 3.53 Å². The van der Waals surface area contributed by atoms with Crippen molar-refractivity contribution in [2.24, 2.45) is 5.73 Å². The number of hydrogen-bond acceptors (Lipinski definition) is 2. The minimum Gasteiger partial charge on any atom is -0.317 e. The van der Waals surface area contributed by atoms with Crippen LogP contribution in [0.5, 0.6) is 0 Å². The fraction of sp³-hybridized carbons (Fsp3) is 0.300. The minimum atomic E-state index is -0.745. The van der Waals surface area contributed by atoms with Gasteiger partial charge in [-0.2, -0.15) is 0 Å². The number of halogens is 1. The quantitative estimate of drug-likeness (QED) is 0.599. The third-order valence-corrected chi connectivity index (χ3v) is 3.16. The SMILES string of the molecule is NC1(C(=O)NI)Cc2ccccc2C1. The topological polar surface area (TPSA) is 55.1 Å². The van der Waals surface area contributed by atoms with E-state index in [0.29, 0.717) is 12.8 Å². The van der Waals surface area contributed by atoms with Gasteiger partial charge in [-0.15, -0.1) is 0 Å². The normalized spacial score (nSPS) is 17.6. The highest BCUT2D eigenvalue weighted by molar-refractivity contribution is 14.1. The van der Waals surface area contributed by atoms with Crippen molar-refractivity contribution in [2.45, 2.75) is 18.4 Å². The molecular weight excluding hydrogens is 291 g/mol. The van der Waals surface area contributed by atoms with Gasteiger partial charge >= 0.3 is 0 Å². The Morgan fingerprint density at radius 2 is 1.86 bits per heavy atom. The fourth-order valence-corrected chi connectivity index (χ4v) is 2.44. The van der Waals surface area contributed by atoms with Crippen LogP contribution < -0.4 is 9.26 Å². The summed E-state index contributed by atoms with van der Waals surface area (Å²) in [6.07, 6.45) is 1.27. The Balaban J connectivity index is 2.30. The molecule has 0 spiro atoms. The molecule has 1 amide bonds. The molecule has 3 nitrogen and oxygen atoms in total. The second-order valence-electron chi connectivity index (χ2n) is 3.70. The Morgan fingerprint density at radius 3 is 2.29 bits per heavy atom. The molecule has 1 aromatic rings. The molecule has 3 N–H and O–H groups in total. The van der Waals surface area contributed by atoms with Gasteiger partial charge in [-0.1, -0.05) is 24.3 Å². The van der Waals surface area contributed by atoms with Gasteiger partial charge in [-0.05, 0) is 11.1 Å². The monoisotopic (exact) mass is 302 g/mol. The molecule has 0 aromatic heterocycles. The molecule has 1 aromatic carbocycles. The van der Waals surface area contributed by atoms with Gasteiger partial charge in [-0.25, -0.2) is 0 Å². The van der Waals surface area contributed by atoms with Crippen molar-refractivity contribution in [3.05, 3.63) is 35.4 Å². The molecule has 0 atom stereocenters. The highest BCUT2D eigenvalue weighted by Gasteiger charge is 2.39. The third kappa shape index (κ3) is 1.52. The van der Waals surface area contributed by atoms with Gasteiger partial charge in [0.05, 0.1) is 22.9 Å². The second-order valence-corrected chi connectivity index (χ2v) is 4.24. The average molecular weight is 302 g/mol. The first kappa shape index (κ1) is 9.92. The lowest BCUT2D eigenvalue weighted by Crippen LogP contribution is -2.52. The van der Waals surface area contributed by atoms with Crippen LogP contribution in [0.25, 0.3) is 0 Å². The molecule has 0 saturated carbocycles. The highest BCUT2D eigenvalue weighted by atomic mass is 127. The molecule has 1 aliphatic rings. The zero-order chi connectivity index (χ0) is 10.2. The molecule has 1 aliphatic carbocycles. The highest BCUT2D eigenvalue weighted by Crippen LogP contribution is 2.28. The zero-order valence-electron chi connectivity index (χ0n) is 7.59. The maximum absolute atomic E-state index is 11.6. The summed E-state index contributed by atoms with van der Waals surface area (Å²) in [5.41, 5.74) is 7.68. The average Bonchev–Trinajstić information content (AvgIpc) is 2.54. The Bertz CT molecular complexity index is 353. The van der Waals surface area contributed by atoms with E-state index in [9.17, 15) is 4.79 Å². The summed E-state index contributed by atoms with van der Waals surface area (Å²) in [5.74, 6) is -0.0886. The first-order chi connectivity index (χ1) is 6.65. The van der Waals surface area contributed by atoms with Crippen molar-refractivity contribution >= 4 is 28.8 Å². The van der Waals surface area contributed by atoms with Gasteiger partial charge in [0.2, 0.25) is 5.91 Å². The number of nitrogens with two attached hydrogens (primary N) is 1. The van der Waals surface area contributed by atoms with Crippen LogP contribution in [-0.4, -0.2) is 11.4 Å². The summed E-state index contributed by atoms with van der Waals surface area (Å²) in [7, 11) is 0. The smallest absolute Gasteiger partial charge is 0.249 e.